The zero-order valence-corrected chi connectivity index (χ0v) is 10.9. The standard InChI is InChI=1S/C14H18N4O/c1-15-13-7-8-16-14(18-13)17-10-12(19)9-11-5-3-2-4-6-11/h2-8,12,19H,9-10H2,1H3,(H2,15,16,17,18)/t12-/m0/s1. The van der Waals surface area contributed by atoms with E-state index in [1.807, 2.05) is 30.3 Å². The van der Waals surface area contributed by atoms with Crippen molar-refractivity contribution in [2.24, 2.45) is 0 Å². The van der Waals surface area contributed by atoms with E-state index < -0.39 is 6.10 Å². The van der Waals surface area contributed by atoms with Crippen molar-refractivity contribution in [3.63, 3.8) is 0 Å². The summed E-state index contributed by atoms with van der Waals surface area (Å²) in [5.74, 6) is 1.26. The Morgan fingerprint density at radius 2 is 2.00 bits per heavy atom. The highest BCUT2D eigenvalue weighted by molar-refractivity contribution is 5.38. The molecule has 5 heteroatoms. The van der Waals surface area contributed by atoms with E-state index in [1.54, 1.807) is 19.3 Å². The maximum atomic E-state index is 9.96. The summed E-state index contributed by atoms with van der Waals surface area (Å²) < 4.78 is 0. The Kier molecular flexibility index (Phi) is 4.69. The van der Waals surface area contributed by atoms with E-state index in [9.17, 15) is 5.11 Å². The van der Waals surface area contributed by atoms with Crippen LogP contribution < -0.4 is 10.6 Å². The normalized spacial score (nSPS) is 11.9. The van der Waals surface area contributed by atoms with Gasteiger partial charge in [-0.3, -0.25) is 0 Å². The molecule has 0 saturated heterocycles. The molecule has 5 nitrogen and oxygen atoms in total. The third kappa shape index (κ3) is 4.22. The number of aliphatic hydroxyl groups excluding tert-OH is 1. The van der Waals surface area contributed by atoms with Gasteiger partial charge in [0.15, 0.2) is 0 Å². The Bertz CT molecular complexity index is 504. The van der Waals surface area contributed by atoms with Crippen LogP contribution in [0.15, 0.2) is 42.6 Å². The number of nitrogens with one attached hydrogen (secondary N) is 2. The molecule has 0 aliphatic carbocycles. The maximum Gasteiger partial charge on any atom is 0.224 e. The molecule has 0 bridgehead atoms. The van der Waals surface area contributed by atoms with Crippen molar-refractivity contribution < 1.29 is 5.11 Å². The summed E-state index contributed by atoms with van der Waals surface area (Å²) in [6.07, 6.45) is 1.81. The Labute approximate surface area is 112 Å². The lowest BCUT2D eigenvalue weighted by Gasteiger charge is -2.12. The van der Waals surface area contributed by atoms with Crippen molar-refractivity contribution in [2.45, 2.75) is 12.5 Å². The highest BCUT2D eigenvalue weighted by Gasteiger charge is 2.06. The van der Waals surface area contributed by atoms with E-state index in [0.717, 1.165) is 11.4 Å². The van der Waals surface area contributed by atoms with Crippen LogP contribution in [0.1, 0.15) is 5.56 Å². The molecule has 100 valence electrons. The van der Waals surface area contributed by atoms with Gasteiger partial charge in [-0.25, -0.2) is 4.98 Å². The van der Waals surface area contributed by atoms with Crippen LogP contribution in [0.3, 0.4) is 0 Å². The number of nitrogens with zero attached hydrogens (tertiary/aromatic N) is 2. The topological polar surface area (TPSA) is 70.1 Å². The predicted molar refractivity (Wildman–Crippen MR) is 76.2 cm³/mol. The molecule has 1 atom stereocenters. The number of benzene rings is 1. The summed E-state index contributed by atoms with van der Waals surface area (Å²) in [5, 5.41) is 15.9. The van der Waals surface area contributed by atoms with Gasteiger partial charge in [0, 0.05) is 26.2 Å². The van der Waals surface area contributed by atoms with Crippen LogP contribution in [0.5, 0.6) is 0 Å². The Hall–Kier alpha value is -2.14. The molecular formula is C14H18N4O. The van der Waals surface area contributed by atoms with Crippen molar-refractivity contribution in [1.82, 2.24) is 9.97 Å². The van der Waals surface area contributed by atoms with Gasteiger partial charge in [0.2, 0.25) is 5.95 Å². The van der Waals surface area contributed by atoms with Crippen LogP contribution in [0.4, 0.5) is 11.8 Å². The van der Waals surface area contributed by atoms with Gasteiger partial charge >= 0.3 is 0 Å². The predicted octanol–water partition coefficient (Wildman–Crippen LogP) is 1.53. The first-order chi connectivity index (χ1) is 9.28. The molecular weight excluding hydrogens is 240 g/mol. The van der Waals surface area contributed by atoms with Gasteiger partial charge in [0.05, 0.1) is 6.10 Å². The lowest BCUT2D eigenvalue weighted by molar-refractivity contribution is 0.188. The molecule has 2 rings (SSSR count). The van der Waals surface area contributed by atoms with Gasteiger partial charge in [-0.1, -0.05) is 30.3 Å². The summed E-state index contributed by atoms with van der Waals surface area (Å²) in [6, 6.07) is 11.7. The minimum Gasteiger partial charge on any atom is -0.391 e. The number of aliphatic hydroxyl groups is 1. The number of rotatable bonds is 6. The van der Waals surface area contributed by atoms with E-state index in [4.69, 9.17) is 0 Å². The van der Waals surface area contributed by atoms with Crippen molar-refractivity contribution in [3.05, 3.63) is 48.2 Å². The third-order valence-corrected chi connectivity index (χ3v) is 2.72. The first-order valence-electron chi connectivity index (χ1n) is 6.24. The molecule has 0 radical (unpaired) electrons. The number of anilines is 2. The summed E-state index contributed by atoms with van der Waals surface area (Å²) in [6.45, 7) is 0.419. The highest BCUT2D eigenvalue weighted by atomic mass is 16.3. The smallest absolute Gasteiger partial charge is 0.224 e. The van der Waals surface area contributed by atoms with Crippen molar-refractivity contribution in [2.75, 3.05) is 24.2 Å². The summed E-state index contributed by atoms with van der Waals surface area (Å²) in [5.41, 5.74) is 1.11. The fraction of sp³-hybridized carbons (Fsp3) is 0.286. The van der Waals surface area contributed by atoms with Crippen LogP contribution in [-0.4, -0.2) is 34.8 Å². The molecule has 3 N–H and O–H groups in total. The van der Waals surface area contributed by atoms with Crippen LogP contribution >= 0.6 is 0 Å². The van der Waals surface area contributed by atoms with Gasteiger partial charge in [-0.15, -0.1) is 0 Å². The van der Waals surface area contributed by atoms with E-state index in [-0.39, 0.29) is 0 Å². The third-order valence-electron chi connectivity index (χ3n) is 2.72. The molecule has 0 unspecified atom stereocenters. The van der Waals surface area contributed by atoms with Crippen molar-refractivity contribution in [3.8, 4) is 0 Å². The van der Waals surface area contributed by atoms with Crippen LogP contribution in [0.25, 0.3) is 0 Å². The molecule has 1 aromatic carbocycles. The van der Waals surface area contributed by atoms with Gasteiger partial charge in [-0.05, 0) is 11.6 Å². The minimum atomic E-state index is -0.468. The molecule has 2 aromatic rings. The van der Waals surface area contributed by atoms with Crippen molar-refractivity contribution >= 4 is 11.8 Å². The SMILES string of the molecule is CNc1ccnc(NC[C@@H](O)Cc2ccccc2)n1. The van der Waals surface area contributed by atoms with Gasteiger partial charge in [0.25, 0.3) is 0 Å². The molecule has 0 spiro atoms. The highest BCUT2D eigenvalue weighted by Crippen LogP contribution is 2.06. The van der Waals surface area contributed by atoms with Gasteiger partial charge in [-0.2, -0.15) is 4.98 Å². The van der Waals surface area contributed by atoms with Crippen molar-refractivity contribution in [1.29, 1.82) is 0 Å². The number of aromatic nitrogens is 2. The van der Waals surface area contributed by atoms with E-state index >= 15 is 0 Å². The van der Waals surface area contributed by atoms with E-state index in [0.29, 0.717) is 18.9 Å². The molecule has 1 heterocycles. The average Bonchev–Trinajstić information content (AvgIpc) is 2.46. The molecule has 0 amide bonds. The second-order valence-corrected chi connectivity index (χ2v) is 4.24. The average molecular weight is 258 g/mol. The molecule has 19 heavy (non-hydrogen) atoms. The number of hydrogen-bond acceptors (Lipinski definition) is 5. The zero-order chi connectivity index (χ0) is 13.5. The van der Waals surface area contributed by atoms with Crippen LogP contribution in [-0.2, 0) is 6.42 Å². The van der Waals surface area contributed by atoms with Crippen LogP contribution in [0.2, 0.25) is 0 Å². The molecule has 0 aliphatic heterocycles. The monoisotopic (exact) mass is 258 g/mol. The first kappa shape index (κ1) is 13.3. The Morgan fingerprint density at radius 3 is 2.74 bits per heavy atom. The molecule has 0 saturated carbocycles. The zero-order valence-electron chi connectivity index (χ0n) is 10.9. The largest absolute Gasteiger partial charge is 0.391 e. The second kappa shape index (κ2) is 6.70. The quantitative estimate of drug-likeness (QED) is 0.733. The lowest BCUT2D eigenvalue weighted by atomic mass is 10.1. The fourth-order valence-corrected chi connectivity index (χ4v) is 1.75. The summed E-state index contributed by atoms with van der Waals surface area (Å²) >= 11 is 0. The first-order valence-corrected chi connectivity index (χ1v) is 6.24. The molecule has 1 aromatic heterocycles. The molecule has 0 aliphatic rings. The van der Waals surface area contributed by atoms with E-state index in [1.165, 1.54) is 0 Å². The Morgan fingerprint density at radius 1 is 1.21 bits per heavy atom. The minimum absolute atomic E-state index is 0.419. The summed E-state index contributed by atoms with van der Waals surface area (Å²) in [4.78, 5) is 8.32. The number of hydrogen-bond donors (Lipinski definition) is 3. The second-order valence-electron chi connectivity index (χ2n) is 4.24. The lowest BCUT2D eigenvalue weighted by Crippen LogP contribution is -2.22. The maximum absolute atomic E-state index is 9.96. The fourth-order valence-electron chi connectivity index (χ4n) is 1.75. The van der Waals surface area contributed by atoms with Gasteiger partial charge in [0.1, 0.15) is 5.82 Å². The summed E-state index contributed by atoms with van der Waals surface area (Å²) in [7, 11) is 1.80. The van der Waals surface area contributed by atoms with E-state index in [2.05, 4.69) is 20.6 Å². The van der Waals surface area contributed by atoms with Crippen LogP contribution in [0, 0.1) is 0 Å². The molecule has 0 fully saturated rings. The van der Waals surface area contributed by atoms with Gasteiger partial charge < -0.3 is 15.7 Å². The Balaban J connectivity index is 1.84.